The molecule has 2 rings (SSSR count). The number of nitrogens with one attached hydrogen (secondary N) is 4. The molecule has 10 N–H and O–H groups in total. The van der Waals surface area contributed by atoms with Crippen LogP contribution in [0.15, 0.2) is 30.5 Å². The summed E-state index contributed by atoms with van der Waals surface area (Å²) in [5, 5.41) is 26.6. The molecule has 0 fully saturated rings. The van der Waals surface area contributed by atoms with Crippen LogP contribution in [0, 0.1) is 5.92 Å². The summed E-state index contributed by atoms with van der Waals surface area (Å²) in [5.74, 6) is -6.32. The molecule has 2 aromatic rings. The maximum atomic E-state index is 13.4. The minimum absolute atomic E-state index is 0.0594. The largest absolute Gasteiger partial charge is 0.481 e. The lowest BCUT2D eigenvalue weighted by molar-refractivity contribution is -0.144. The number of amides is 4. The van der Waals surface area contributed by atoms with Gasteiger partial charge < -0.3 is 42.6 Å². The Hall–Kier alpha value is -4.46. The Kier molecular flexibility index (Phi) is 11.6. The molecule has 14 nitrogen and oxygen atoms in total. The highest BCUT2D eigenvalue weighted by Gasteiger charge is 2.32. The zero-order valence-corrected chi connectivity index (χ0v) is 22.3. The molecule has 0 bridgehead atoms. The molecular weight excluding hydrogens is 524 g/mol. The third-order valence-electron chi connectivity index (χ3n) is 6.55. The fourth-order valence-corrected chi connectivity index (χ4v) is 4.05. The van der Waals surface area contributed by atoms with E-state index in [1.165, 1.54) is 0 Å². The van der Waals surface area contributed by atoms with Gasteiger partial charge in [0.15, 0.2) is 0 Å². The van der Waals surface area contributed by atoms with Gasteiger partial charge in [-0.2, -0.15) is 0 Å². The Labute approximate surface area is 230 Å². The van der Waals surface area contributed by atoms with E-state index in [9.17, 15) is 33.9 Å². The van der Waals surface area contributed by atoms with Crippen LogP contribution in [0.2, 0.25) is 0 Å². The number of primary amides is 1. The molecule has 5 atom stereocenters. The summed E-state index contributed by atoms with van der Waals surface area (Å²) in [4.78, 5) is 76.4. The average molecular weight is 561 g/mol. The molecule has 0 aliphatic rings. The summed E-state index contributed by atoms with van der Waals surface area (Å²) in [5.41, 5.74) is 12.3. The zero-order valence-electron chi connectivity index (χ0n) is 22.3. The number of aromatic nitrogens is 1. The number of aromatic amines is 1. The minimum Gasteiger partial charge on any atom is -0.481 e. The molecule has 1 heterocycles. The maximum Gasteiger partial charge on any atom is 0.326 e. The number of fused-ring (bicyclic) bond motifs is 1. The second-order valence-electron chi connectivity index (χ2n) is 9.61. The van der Waals surface area contributed by atoms with Crippen LogP contribution < -0.4 is 27.4 Å². The van der Waals surface area contributed by atoms with E-state index >= 15 is 0 Å². The first-order chi connectivity index (χ1) is 18.8. The van der Waals surface area contributed by atoms with Crippen LogP contribution in [0.5, 0.6) is 0 Å². The number of carbonyl (C=O) groups is 6. The monoisotopic (exact) mass is 560 g/mol. The molecule has 0 radical (unpaired) electrons. The van der Waals surface area contributed by atoms with E-state index < -0.39 is 72.1 Å². The van der Waals surface area contributed by atoms with E-state index in [2.05, 4.69) is 20.9 Å². The Bertz CT molecular complexity index is 1240. The molecule has 40 heavy (non-hydrogen) atoms. The third-order valence-corrected chi connectivity index (χ3v) is 6.55. The first-order valence-corrected chi connectivity index (χ1v) is 12.8. The van der Waals surface area contributed by atoms with E-state index in [1.807, 2.05) is 12.1 Å². The lowest BCUT2D eigenvalue weighted by Gasteiger charge is -2.26. The average Bonchev–Trinajstić information content (AvgIpc) is 3.30. The van der Waals surface area contributed by atoms with E-state index in [1.54, 1.807) is 32.2 Å². The van der Waals surface area contributed by atoms with Crippen LogP contribution in [0.4, 0.5) is 0 Å². The lowest BCUT2D eigenvalue weighted by atomic mass is 9.98. The van der Waals surface area contributed by atoms with Gasteiger partial charge in [-0.05, 0) is 24.0 Å². The molecule has 1 aromatic heterocycles. The fourth-order valence-electron chi connectivity index (χ4n) is 4.05. The van der Waals surface area contributed by atoms with E-state index in [0.29, 0.717) is 12.0 Å². The highest BCUT2D eigenvalue weighted by molar-refractivity contribution is 5.95. The Morgan fingerprint density at radius 1 is 0.950 bits per heavy atom. The van der Waals surface area contributed by atoms with Gasteiger partial charge in [0, 0.05) is 29.9 Å². The third kappa shape index (κ3) is 9.08. The number of hydrogen-bond acceptors (Lipinski definition) is 7. The summed E-state index contributed by atoms with van der Waals surface area (Å²) in [6, 6.07) is 1.86. The second kappa shape index (κ2) is 14.6. The van der Waals surface area contributed by atoms with Gasteiger partial charge in [0.05, 0.1) is 12.5 Å². The Morgan fingerprint density at radius 3 is 2.17 bits per heavy atom. The summed E-state index contributed by atoms with van der Waals surface area (Å²) in [6.07, 6.45) is 0.841. The molecule has 1 aromatic carbocycles. The molecule has 5 unspecified atom stereocenters. The van der Waals surface area contributed by atoms with Gasteiger partial charge in [0.25, 0.3) is 0 Å². The number of H-pyrrole nitrogens is 1. The van der Waals surface area contributed by atoms with Crippen LogP contribution in [0.1, 0.15) is 45.1 Å². The summed E-state index contributed by atoms with van der Waals surface area (Å²) in [7, 11) is 0. The van der Waals surface area contributed by atoms with Crippen LogP contribution >= 0.6 is 0 Å². The van der Waals surface area contributed by atoms with Crippen LogP contribution in [-0.4, -0.2) is 74.9 Å². The van der Waals surface area contributed by atoms with Crippen molar-refractivity contribution in [1.29, 1.82) is 0 Å². The quantitative estimate of drug-likeness (QED) is 0.130. The number of benzene rings is 1. The molecule has 0 aliphatic carbocycles. The van der Waals surface area contributed by atoms with Gasteiger partial charge in [0.2, 0.25) is 23.6 Å². The molecule has 0 aliphatic heterocycles. The molecule has 0 saturated heterocycles. The number of carboxylic acids is 2. The van der Waals surface area contributed by atoms with Gasteiger partial charge in [-0.25, -0.2) is 4.79 Å². The molecular formula is C26H36N6O8. The van der Waals surface area contributed by atoms with Crippen molar-refractivity contribution in [3.05, 3.63) is 36.0 Å². The van der Waals surface area contributed by atoms with Crippen molar-refractivity contribution in [2.75, 3.05) is 0 Å². The summed E-state index contributed by atoms with van der Waals surface area (Å²) in [6.45, 7) is 3.40. The van der Waals surface area contributed by atoms with Crippen LogP contribution in [-0.2, 0) is 35.2 Å². The van der Waals surface area contributed by atoms with Crippen molar-refractivity contribution in [1.82, 2.24) is 20.9 Å². The summed E-state index contributed by atoms with van der Waals surface area (Å²) >= 11 is 0. The van der Waals surface area contributed by atoms with Gasteiger partial charge >= 0.3 is 11.9 Å². The molecule has 14 heteroatoms. The van der Waals surface area contributed by atoms with Crippen molar-refractivity contribution in [2.45, 2.75) is 70.1 Å². The normalized spacial score (nSPS) is 14.8. The molecule has 0 spiro atoms. The van der Waals surface area contributed by atoms with Crippen LogP contribution in [0.3, 0.4) is 0 Å². The second-order valence-corrected chi connectivity index (χ2v) is 9.61. The number of para-hydroxylation sites is 1. The highest BCUT2D eigenvalue weighted by Crippen LogP contribution is 2.19. The van der Waals surface area contributed by atoms with E-state index in [0.717, 1.165) is 10.9 Å². The standard InChI is InChI=1S/C26H36N6O8/c1-3-13(2)22(26(39)40)32-24(37)18(8-9-20(28)33)30-25(38)19(31-23(36)16(27)11-21(34)35)10-14-12-29-17-7-5-4-6-15(14)17/h4-7,12-13,16,18-19,22,29H,3,8-11,27H2,1-2H3,(H2,28,33)(H,30,38)(H,31,36)(H,32,37)(H,34,35)(H,39,40). The van der Waals surface area contributed by atoms with Crippen molar-refractivity contribution in [3.63, 3.8) is 0 Å². The van der Waals surface area contributed by atoms with Gasteiger partial charge in [-0.1, -0.05) is 38.5 Å². The summed E-state index contributed by atoms with van der Waals surface area (Å²) < 4.78 is 0. The zero-order chi connectivity index (χ0) is 30.0. The number of aliphatic carboxylic acids is 2. The number of carboxylic acid groups (broad SMARTS) is 2. The van der Waals surface area contributed by atoms with Crippen molar-refractivity contribution in [3.8, 4) is 0 Å². The van der Waals surface area contributed by atoms with Gasteiger partial charge in [-0.15, -0.1) is 0 Å². The van der Waals surface area contributed by atoms with Crippen molar-refractivity contribution >= 4 is 46.5 Å². The predicted octanol–water partition coefficient (Wildman–Crippen LogP) is -0.637. The Morgan fingerprint density at radius 2 is 1.57 bits per heavy atom. The lowest BCUT2D eigenvalue weighted by Crippen LogP contribution is -2.58. The molecule has 4 amide bonds. The number of rotatable bonds is 16. The topological polar surface area (TPSA) is 247 Å². The smallest absolute Gasteiger partial charge is 0.326 e. The maximum absolute atomic E-state index is 13.4. The van der Waals surface area contributed by atoms with Crippen molar-refractivity contribution in [2.24, 2.45) is 17.4 Å². The number of carbonyl (C=O) groups excluding carboxylic acids is 4. The van der Waals surface area contributed by atoms with Crippen LogP contribution in [0.25, 0.3) is 10.9 Å². The minimum atomic E-state index is -1.45. The SMILES string of the molecule is CCC(C)C(NC(=O)C(CCC(N)=O)NC(=O)C(Cc1c[nH]c2ccccc12)NC(=O)C(N)CC(=O)O)C(=O)O. The Balaban J connectivity index is 2.34. The highest BCUT2D eigenvalue weighted by atomic mass is 16.4. The van der Waals surface area contributed by atoms with Crippen molar-refractivity contribution < 1.29 is 39.0 Å². The van der Waals surface area contributed by atoms with E-state index in [4.69, 9.17) is 16.6 Å². The van der Waals surface area contributed by atoms with Gasteiger partial charge in [-0.3, -0.25) is 24.0 Å². The molecule has 218 valence electrons. The first kappa shape index (κ1) is 31.8. The number of hydrogen-bond donors (Lipinski definition) is 8. The fraction of sp³-hybridized carbons (Fsp3) is 0.462. The number of nitrogens with two attached hydrogens (primary N) is 2. The molecule has 0 saturated carbocycles. The van der Waals surface area contributed by atoms with E-state index in [-0.39, 0.29) is 19.3 Å². The van der Waals surface area contributed by atoms with Gasteiger partial charge in [0.1, 0.15) is 18.1 Å². The first-order valence-electron chi connectivity index (χ1n) is 12.8. The predicted molar refractivity (Wildman–Crippen MR) is 144 cm³/mol.